The average Bonchev–Trinajstić information content (AvgIpc) is 2.94. The average molecular weight is 283 g/mol. The molecular formula is C14H13N5O2. The number of fused-ring (bicyclic) bond motifs is 1. The maximum atomic E-state index is 11.0. The van der Waals surface area contributed by atoms with Crippen molar-refractivity contribution < 1.29 is 9.90 Å². The molecule has 0 aliphatic carbocycles. The summed E-state index contributed by atoms with van der Waals surface area (Å²) in [7, 11) is 0. The Morgan fingerprint density at radius 3 is 3.00 bits per heavy atom. The molecule has 3 aromatic rings. The van der Waals surface area contributed by atoms with Gasteiger partial charge >= 0.3 is 5.97 Å². The van der Waals surface area contributed by atoms with Crippen LogP contribution in [-0.2, 0) is 11.3 Å². The lowest BCUT2D eigenvalue weighted by atomic mass is 10.1. The van der Waals surface area contributed by atoms with Crippen molar-refractivity contribution in [3.05, 3.63) is 36.5 Å². The SMILES string of the molecule is CC(Cn1nnnc1-c1cccc2ncccc12)C(=O)O. The lowest BCUT2D eigenvalue weighted by Crippen LogP contribution is -2.18. The summed E-state index contributed by atoms with van der Waals surface area (Å²) in [6.07, 6.45) is 1.72. The Hall–Kier alpha value is -2.83. The fourth-order valence-electron chi connectivity index (χ4n) is 2.16. The van der Waals surface area contributed by atoms with Crippen LogP contribution in [0.25, 0.3) is 22.3 Å². The molecule has 0 radical (unpaired) electrons. The lowest BCUT2D eigenvalue weighted by Gasteiger charge is -2.09. The topological polar surface area (TPSA) is 93.8 Å². The number of pyridine rings is 1. The van der Waals surface area contributed by atoms with E-state index in [-0.39, 0.29) is 6.54 Å². The zero-order valence-corrected chi connectivity index (χ0v) is 11.3. The maximum absolute atomic E-state index is 11.0. The van der Waals surface area contributed by atoms with Gasteiger partial charge in [0.05, 0.1) is 18.0 Å². The summed E-state index contributed by atoms with van der Waals surface area (Å²) >= 11 is 0. The van der Waals surface area contributed by atoms with E-state index >= 15 is 0 Å². The van der Waals surface area contributed by atoms with Crippen LogP contribution in [0.5, 0.6) is 0 Å². The van der Waals surface area contributed by atoms with Crippen molar-refractivity contribution >= 4 is 16.9 Å². The number of nitrogens with zero attached hydrogens (tertiary/aromatic N) is 5. The summed E-state index contributed by atoms with van der Waals surface area (Å²) in [6.45, 7) is 1.84. The summed E-state index contributed by atoms with van der Waals surface area (Å²) in [4.78, 5) is 15.3. The Morgan fingerprint density at radius 2 is 2.19 bits per heavy atom. The van der Waals surface area contributed by atoms with Gasteiger partial charge in [-0.25, -0.2) is 4.68 Å². The second-order valence-corrected chi connectivity index (χ2v) is 4.80. The molecule has 0 spiro atoms. The molecular weight excluding hydrogens is 270 g/mol. The smallest absolute Gasteiger partial charge is 0.308 e. The monoisotopic (exact) mass is 283 g/mol. The second-order valence-electron chi connectivity index (χ2n) is 4.80. The quantitative estimate of drug-likeness (QED) is 0.781. The molecule has 7 nitrogen and oxygen atoms in total. The van der Waals surface area contributed by atoms with Gasteiger partial charge < -0.3 is 5.11 Å². The number of rotatable bonds is 4. The molecule has 0 aliphatic rings. The van der Waals surface area contributed by atoms with E-state index in [1.54, 1.807) is 13.1 Å². The van der Waals surface area contributed by atoms with Crippen LogP contribution in [0.15, 0.2) is 36.5 Å². The number of aromatic nitrogens is 5. The molecule has 0 saturated heterocycles. The van der Waals surface area contributed by atoms with E-state index < -0.39 is 11.9 Å². The van der Waals surface area contributed by atoms with Crippen molar-refractivity contribution in [3.8, 4) is 11.4 Å². The third-order valence-electron chi connectivity index (χ3n) is 3.29. The summed E-state index contributed by atoms with van der Waals surface area (Å²) in [5.41, 5.74) is 1.68. The van der Waals surface area contributed by atoms with Crippen LogP contribution >= 0.6 is 0 Å². The Bertz CT molecular complexity index is 793. The number of carboxylic acid groups (broad SMARTS) is 1. The standard InChI is InChI=1S/C14H13N5O2/c1-9(14(20)21)8-19-13(16-17-18-19)11-4-2-6-12-10(11)5-3-7-15-12/h2-7,9H,8H2,1H3,(H,20,21). The molecule has 2 aromatic heterocycles. The number of benzene rings is 1. The van der Waals surface area contributed by atoms with E-state index in [0.717, 1.165) is 16.5 Å². The van der Waals surface area contributed by atoms with Gasteiger partial charge in [0.15, 0.2) is 5.82 Å². The maximum Gasteiger partial charge on any atom is 0.308 e. The predicted molar refractivity (Wildman–Crippen MR) is 75.4 cm³/mol. The summed E-state index contributed by atoms with van der Waals surface area (Å²) in [5, 5.41) is 21.5. The molecule has 2 heterocycles. The highest BCUT2D eigenvalue weighted by molar-refractivity contribution is 5.92. The van der Waals surface area contributed by atoms with E-state index in [2.05, 4.69) is 20.5 Å². The Kier molecular flexibility index (Phi) is 3.31. The van der Waals surface area contributed by atoms with Gasteiger partial charge in [-0.3, -0.25) is 9.78 Å². The molecule has 0 amide bonds. The van der Waals surface area contributed by atoms with Crippen LogP contribution in [0.4, 0.5) is 0 Å². The molecule has 0 saturated carbocycles. The van der Waals surface area contributed by atoms with Gasteiger partial charge in [0.2, 0.25) is 0 Å². The normalized spacial score (nSPS) is 12.4. The van der Waals surface area contributed by atoms with Crippen LogP contribution in [0.2, 0.25) is 0 Å². The highest BCUT2D eigenvalue weighted by Crippen LogP contribution is 2.25. The third-order valence-corrected chi connectivity index (χ3v) is 3.29. The van der Waals surface area contributed by atoms with Gasteiger partial charge in [-0.15, -0.1) is 5.10 Å². The van der Waals surface area contributed by atoms with Crippen molar-refractivity contribution in [2.45, 2.75) is 13.5 Å². The largest absolute Gasteiger partial charge is 0.481 e. The van der Waals surface area contributed by atoms with Crippen LogP contribution in [0, 0.1) is 5.92 Å². The van der Waals surface area contributed by atoms with Crippen molar-refractivity contribution in [2.24, 2.45) is 5.92 Å². The van der Waals surface area contributed by atoms with Gasteiger partial charge in [-0.05, 0) is 22.6 Å². The van der Waals surface area contributed by atoms with Gasteiger partial charge in [-0.2, -0.15) is 0 Å². The van der Waals surface area contributed by atoms with E-state index in [1.165, 1.54) is 4.68 Å². The van der Waals surface area contributed by atoms with Crippen LogP contribution in [-0.4, -0.2) is 36.3 Å². The van der Waals surface area contributed by atoms with Crippen molar-refractivity contribution in [3.63, 3.8) is 0 Å². The highest BCUT2D eigenvalue weighted by Gasteiger charge is 2.17. The first-order valence-electron chi connectivity index (χ1n) is 6.50. The van der Waals surface area contributed by atoms with E-state index in [1.807, 2.05) is 30.3 Å². The lowest BCUT2D eigenvalue weighted by molar-refractivity contribution is -0.141. The molecule has 1 N–H and O–H groups in total. The molecule has 106 valence electrons. The van der Waals surface area contributed by atoms with Crippen molar-refractivity contribution in [1.29, 1.82) is 0 Å². The first-order valence-corrected chi connectivity index (χ1v) is 6.50. The molecule has 7 heteroatoms. The van der Waals surface area contributed by atoms with Crippen molar-refractivity contribution in [1.82, 2.24) is 25.2 Å². The molecule has 1 aromatic carbocycles. The number of aliphatic carboxylic acids is 1. The van der Waals surface area contributed by atoms with E-state index in [9.17, 15) is 4.79 Å². The van der Waals surface area contributed by atoms with Gasteiger partial charge in [0.1, 0.15) is 0 Å². The number of hydrogen-bond acceptors (Lipinski definition) is 5. The van der Waals surface area contributed by atoms with Gasteiger partial charge in [0, 0.05) is 17.1 Å². The minimum Gasteiger partial charge on any atom is -0.481 e. The fraction of sp³-hybridized carbons (Fsp3) is 0.214. The zero-order chi connectivity index (χ0) is 14.8. The minimum atomic E-state index is -0.879. The number of tetrazole rings is 1. The first-order chi connectivity index (χ1) is 10.2. The third kappa shape index (κ3) is 2.45. The predicted octanol–water partition coefficient (Wildman–Crippen LogP) is 1.61. The number of carboxylic acids is 1. The zero-order valence-electron chi connectivity index (χ0n) is 11.3. The summed E-state index contributed by atoms with van der Waals surface area (Å²) in [5.74, 6) is -0.905. The van der Waals surface area contributed by atoms with Crippen LogP contribution in [0.1, 0.15) is 6.92 Å². The minimum absolute atomic E-state index is 0.217. The molecule has 0 bridgehead atoms. The fourth-order valence-corrected chi connectivity index (χ4v) is 2.16. The molecule has 1 atom stereocenters. The molecule has 0 fully saturated rings. The number of hydrogen-bond donors (Lipinski definition) is 1. The first kappa shape index (κ1) is 13.2. The Morgan fingerprint density at radius 1 is 1.33 bits per heavy atom. The number of carbonyl (C=O) groups is 1. The molecule has 21 heavy (non-hydrogen) atoms. The van der Waals surface area contributed by atoms with E-state index in [4.69, 9.17) is 5.11 Å². The van der Waals surface area contributed by atoms with E-state index in [0.29, 0.717) is 5.82 Å². The second kappa shape index (κ2) is 5.28. The van der Waals surface area contributed by atoms with Gasteiger partial charge in [-0.1, -0.05) is 25.1 Å². The van der Waals surface area contributed by atoms with Crippen molar-refractivity contribution in [2.75, 3.05) is 0 Å². The molecule has 1 unspecified atom stereocenters. The highest BCUT2D eigenvalue weighted by atomic mass is 16.4. The van der Waals surface area contributed by atoms with Crippen LogP contribution < -0.4 is 0 Å². The Labute approximate surface area is 120 Å². The van der Waals surface area contributed by atoms with Crippen LogP contribution in [0.3, 0.4) is 0 Å². The van der Waals surface area contributed by atoms with Gasteiger partial charge in [0.25, 0.3) is 0 Å². The molecule has 0 aliphatic heterocycles. The molecule has 3 rings (SSSR count). The summed E-state index contributed by atoms with van der Waals surface area (Å²) in [6, 6.07) is 9.48. The Balaban J connectivity index is 2.08. The summed E-state index contributed by atoms with van der Waals surface area (Å²) < 4.78 is 1.51.